The van der Waals surface area contributed by atoms with Gasteiger partial charge >= 0.3 is 0 Å². The zero-order valence-corrected chi connectivity index (χ0v) is 20.0. The van der Waals surface area contributed by atoms with Gasteiger partial charge in [-0.2, -0.15) is 0 Å². The molecule has 5 heteroatoms. The zero-order valence-electron chi connectivity index (χ0n) is 17.8. The number of benzene rings is 2. The van der Waals surface area contributed by atoms with E-state index in [1.54, 1.807) is 0 Å². The molecule has 2 aromatic rings. The Bertz CT molecular complexity index is 1020. The van der Waals surface area contributed by atoms with Crippen LogP contribution in [-0.2, 0) is 4.79 Å². The van der Waals surface area contributed by atoms with E-state index >= 15 is 0 Å². The van der Waals surface area contributed by atoms with Crippen molar-refractivity contribution in [1.82, 2.24) is 0 Å². The third-order valence-electron chi connectivity index (χ3n) is 4.92. The SMILES string of the molecule is CN(C)c1ccc(C(=C2C=CC(=[N+](C)C)C=C2)c2ccc(NC(=O)CI)cc2)cc1. The summed E-state index contributed by atoms with van der Waals surface area (Å²) in [5.41, 5.74) is 7.72. The zero-order chi connectivity index (χ0) is 21.7. The van der Waals surface area contributed by atoms with E-state index in [0.29, 0.717) is 4.43 Å². The third kappa shape index (κ3) is 5.27. The Balaban J connectivity index is 2.06. The molecule has 0 bridgehead atoms. The van der Waals surface area contributed by atoms with Gasteiger partial charge in [0, 0.05) is 37.6 Å². The van der Waals surface area contributed by atoms with Crippen LogP contribution in [0.1, 0.15) is 11.1 Å². The number of nitrogens with zero attached hydrogens (tertiary/aromatic N) is 2. The van der Waals surface area contributed by atoms with E-state index in [2.05, 4.69) is 98.1 Å². The molecule has 1 aliphatic rings. The normalized spacial score (nSPS) is 12.7. The predicted molar refractivity (Wildman–Crippen MR) is 136 cm³/mol. The molecule has 2 aromatic carbocycles. The first-order chi connectivity index (χ1) is 14.4. The molecule has 1 amide bonds. The molecular weight excluding hydrogens is 485 g/mol. The van der Waals surface area contributed by atoms with Gasteiger partial charge in [-0.15, -0.1) is 0 Å². The molecule has 1 N–H and O–H groups in total. The van der Waals surface area contributed by atoms with Gasteiger partial charge in [-0.3, -0.25) is 4.79 Å². The maximum absolute atomic E-state index is 11.7. The Labute approximate surface area is 192 Å². The van der Waals surface area contributed by atoms with Crippen molar-refractivity contribution in [2.45, 2.75) is 0 Å². The smallest absolute Gasteiger partial charge is 0.234 e. The summed E-state index contributed by atoms with van der Waals surface area (Å²) in [6.07, 6.45) is 8.60. The topological polar surface area (TPSA) is 35.4 Å². The lowest BCUT2D eigenvalue weighted by Gasteiger charge is -2.17. The summed E-state index contributed by atoms with van der Waals surface area (Å²) in [6, 6.07) is 16.7. The highest BCUT2D eigenvalue weighted by Crippen LogP contribution is 2.31. The van der Waals surface area contributed by atoms with E-state index in [-0.39, 0.29) is 5.91 Å². The first kappa shape index (κ1) is 22.0. The monoisotopic (exact) mass is 512 g/mol. The van der Waals surface area contributed by atoms with Gasteiger partial charge in [0.2, 0.25) is 5.91 Å². The summed E-state index contributed by atoms with van der Waals surface area (Å²) in [5, 5.41) is 2.91. The number of hydrogen-bond acceptors (Lipinski definition) is 2. The third-order valence-corrected chi connectivity index (χ3v) is 5.62. The van der Waals surface area contributed by atoms with E-state index in [4.69, 9.17) is 0 Å². The first-order valence-corrected chi connectivity index (χ1v) is 11.3. The maximum Gasteiger partial charge on any atom is 0.234 e. The molecule has 1 aliphatic carbocycles. The van der Waals surface area contributed by atoms with E-state index in [1.807, 2.05) is 40.3 Å². The molecule has 0 aliphatic heterocycles. The van der Waals surface area contributed by atoms with Gasteiger partial charge < -0.3 is 10.2 Å². The Kier molecular flexibility index (Phi) is 7.26. The second-order valence-electron chi connectivity index (χ2n) is 7.52. The molecule has 3 rings (SSSR count). The van der Waals surface area contributed by atoms with Crippen LogP contribution in [-0.4, -0.2) is 48.8 Å². The molecule has 0 fully saturated rings. The molecule has 0 atom stereocenters. The number of alkyl halides is 1. The second kappa shape index (κ2) is 9.89. The fraction of sp³-hybridized carbons (Fsp3) is 0.200. The number of amides is 1. The van der Waals surface area contributed by atoms with E-state index in [0.717, 1.165) is 39.4 Å². The highest BCUT2D eigenvalue weighted by Gasteiger charge is 2.13. The van der Waals surface area contributed by atoms with Crippen LogP contribution in [0.3, 0.4) is 0 Å². The molecule has 0 unspecified atom stereocenters. The lowest BCUT2D eigenvalue weighted by molar-refractivity contribution is -0.462. The van der Waals surface area contributed by atoms with Crippen LogP contribution in [0.15, 0.2) is 78.4 Å². The Morgan fingerprint density at radius 1 is 0.900 bits per heavy atom. The van der Waals surface area contributed by atoms with Crippen molar-refractivity contribution in [3.8, 4) is 0 Å². The van der Waals surface area contributed by atoms with Crippen LogP contribution in [0, 0.1) is 0 Å². The lowest BCUT2D eigenvalue weighted by Crippen LogP contribution is -2.12. The average molecular weight is 512 g/mol. The number of anilines is 2. The molecule has 0 spiro atoms. The summed E-state index contributed by atoms with van der Waals surface area (Å²) in [6.45, 7) is 0. The molecule has 30 heavy (non-hydrogen) atoms. The lowest BCUT2D eigenvalue weighted by atomic mass is 9.90. The molecule has 0 saturated carbocycles. The molecule has 154 valence electrons. The number of rotatable bonds is 5. The van der Waals surface area contributed by atoms with E-state index in [9.17, 15) is 4.79 Å². The quantitative estimate of drug-likeness (QED) is 0.356. The molecule has 4 nitrogen and oxygen atoms in total. The molecular formula is C25H27IN3O+. The van der Waals surface area contributed by atoms with Gasteiger partial charge in [-0.1, -0.05) is 46.9 Å². The van der Waals surface area contributed by atoms with Gasteiger partial charge in [0.1, 0.15) is 14.1 Å². The minimum atomic E-state index is 0.00565. The maximum atomic E-state index is 11.7. The number of nitrogens with one attached hydrogen (secondary N) is 1. The van der Waals surface area contributed by atoms with Crippen molar-refractivity contribution in [2.24, 2.45) is 0 Å². The highest BCUT2D eigenvalue weighted by molar-refractivity contribution is 14.1. The van der Waals surface area contributed by atoms with Crippen molar-refractivity contribution in [2.75, 3.05) is 42.8 Å². The van der Waals surface area contributed by atoms with Gasteiger partial charge in [0.15, 0.2) is 5.71 Å². The summed E-state index contributed by atoms with van der Waals surface area (Å²) < 4.78 is 2.53. The molecule has 0 aromatic heterocycles. The van der Waals surface area contributed by atoms with Crippen LogP contribution in [0.25, 0.3) is 5.57 Å². The van der Waals surface area contributed by atoms with Crippen molar-refractivity contribution in [3.05, 3.63) is 89.5 Å². The van der Waals surface area contributed by atoms with Crippen molar-refractivity contribution >= 4 is 51.2 Å². The highest BCUT2D eigenvalue weighted by atomic mass is 127. The van der Waals surface area contributed by atoms with Gasteiger partial charge in [0.05, 0.1) is 4.43 Å². The van der Waals surface area contributed by atoms with Crippen molar-refractivity contribution in [3.63, 3.8) is 0 Å². The fourth-order valence-corrected chi connectivity index (χ4v) is 3.46. The van der Waals surface area contributed by atoms with Crippen LogP contribution in [0.4, 0.5) is 11.4 Å². The van der Waals surface area contributed by atoms with Crippen molar-refractivity contribution in [1.29, 1.82) is 0 Å². The van der Waals surface area contributed by atoms with E-state index < -0.39 is 0 Å². The first-order valence-electron chi connectivity index (χ1n) is 9.78. The van der Waals surface area contributed by atoms with Crippen LogP contribution in [0.2, 0.25) is 0 Å². The van der Waals surface area contributed by atoms with Gasteiger partial charge in [-0.05, 0) is 58.7 Å². The fourth-order valence-electron chi connectivity index (χ4n) is 3.27. The summed E-state index contributed by atoms with van der Waals surface area (Å²) in [5.74, 6) is 0.00565. The minimum Gasteiger partial charge on any atom is -0.378 e. The molecule has 0 heterocycles. The Morgan fingerprint density at radius 3 is 1.90 bits per heavy atom. The van der Waals surface area contributed by atoms with Crippen molar-refractivity contribution < 1.29 is 9.37 Å². The standard InChI is InChI=1S/C25H26IN3O/c1-28(2)22-13-7-19(8-14-22)25(20-9-15-23(16-10-20)29(3)4)18-5-11-21(12-6-18)27-24(30)17-26/h5-16H,17H2,1-4H3/p+1. The molecule has 0 radical (unpaired) electrons. The summed E-state index contributed by atoms with van der Waals surface area (Å²) >= 11 is 2.06. The van der Waals surface area contributed by atoms with E-state index in [1.165, 1.54) is 0 Å². The Hall–Kier alpha value is -2.67. The number of carbonyl (C=O) groups excluding carboxylic acids is 1. The summed E-state index contributed by atoms with van der Waals surface area (Å²) in [4.78, 5) is 13.8. The average Bonchev–Trinajstić information content (AvgIpc) is 2.75. The minimum absolute atomic E-state index is 0.00565. The molecule has 0 saturated heterocycles. The number of carbonyl (C=O) groups is 1. The second-order valence-corrected chi connectivity index (χ2v) is 8.28. The van der Waals surface area contributed by atoms with Crippen LogP contribution in [0.5, 0.6) is 0 Å². The van der Waals surface area contributed by atoms with Gasteiger partial charge in [-0.25, -0.2) is 4.58 Å². The predicted octanol–water partition coefficient (Wildman–Crippen LogP) is 4.77. The number of allylic oxidation sites excluding steroid dienone is 5. The van der Waals surface area contributed by atoms with Crippen LogP contribution >= 0.6 is 22.6 Å². The van der Waals surface area contributed by atoms with Crippen LogP contribution < -0.4 is 10.2 Å². The Morgan fingerprint density at radius 2 is 1.43 bits per heavy atom. The number of halogens is 1. The summed E-state index contributed by atoms with van der Waals surface area (Å²) in [7, 11) is 8.18. The number of hydrogen-bond donors (Lipinski definition) is 1. The van der Waals surface area contributed by atoms with Gasteiger partial charge in [0.25, 0.3) is 0 Å². The largest absolute Gasteiger partial charge is 0.378 e.